The molecule has 7 nitrogen and oxygen atoms in total. The van der Waals surface area contributed by atoms with Crippen molar-refractivity contribution in [2.75, 3.05) is 10.6 Å². The highest BCUT2D eigenvalue weighted by atomic mass is 79.9. The van der Waals surface area contributed by atoms with Crippen molar-refractivity contribution < 1.29 is 18.8 Å². The predicted molar refractivity (Wildman–Crippen MR) is 154 cm³/mol. The van der Waals surface area contributed by atoms with Crippen molar-refractivity contribution in [3.63, 3.8) is 0 Å². The molecule has 3 N–H and O–H groups in total. The topological polar surface area (TPSA) is 100 Å². The molecule has 0 bridgehead atoms. The maximum atomic E-state index is 13.1. The van der Waals surface area contributed by atoms with E-state index >= 15 is 0 Å². The smallest absolute Gasteiger partial charge is 0.272 e. The monoisotopic (exact) mass is 589 g/mol. The van der Waals surface area contributed by atoms with Crippen LogP contribution in [0.1, 0.15) is 23.0 Å². The second-order valence-electron chi connectivity index (χ2n) is 8.13. The normalized spacial score (nSPS) is 11.9. The van der Waals surface area contributed by atoms with E-state index in [1.165, 1.54) is 24.1 Å². The van der Waals surface area contributed by atoms with Crippen LogP contribution < -0.4 is 16.0 Å². The molecule has 0 aliphatic carbocycles. The first-order valence-electron chi connectivity index (χ1n) is 11.6. The number of hydrogen-bond donors (Lipinski definition) is 3. The van der Waals surface area contributed by atoms with Gasteiger partial charge in [-0.3, -0.25) is 14.4 Å². The van der Waals surface area contributed by atoms with E-state index in [0.717, 1.165) is 15.1 Å². The summed E-state index contributed by atoms with van der Waals surface area (Å²) in [7, 11) is 0. The van der Waals surface area contributed by atoms with E-state index in [9.17, 15) is 14.4 Å². The number of carbonyl (C=O) groups excluding carboxylic acids is 3. The first-order chi connectivity index (χ1) is 18.4. The molecule has 192 valence electrons. The Morgan fingerprint density at radius 3 is 2.16 bits per heavy atom. The van der Waals surface area contributed by atoms with E-state index in [4.69, 9.17) is 4.42 Å². The van der Waals surface area contributed by atoms with E-state index in [-0.39, 0.29) is 16.9 Å². The zero-order chi connectivity index (χ0) is 26.9. The van der Waals surface area contributed by atoms with Gasteiger partial charge in [-0.2, -0.15) is 0 Å². The summed E-state index contributed by atoms with van der Waals surface area (Å²) in [5.41, 5.74) is 1.71. The third-order valence-electron chi connectivity index (χ3n) is 5.26. The van der Waals surface area contributed by atoms with Crippen LogP contribution >= 0.6 is 27.7 Å². The van der Waals surface area contributed by atoms with Gasteiger partial charge in [0.05, 0.1) is 11.5 Å². The van der Waals surface area contributed by atoms with Gasteiger partial charge in [-0.05, 0) is 79.7 Å². The predicted octanol–water partition coefficient (Wildman–Crippen LogP) is 6.57. The fraction of sp³-hybridized carbons (Fsp3) is 0.0690. The van der Waals surface area contributed by atoms with Gasteiger partial charge in [-0.1, -0.05) is 34.1 Å². The quantitative estimate of drug-likeness (QED) is 0.151. The van der Waals surface area contributed by atoms with Crippen molar-refractivity contribution >= 4 is 62.9 Å². The average molecular weight is 590 g/mol. The van der Waals surface area contributed by atoms with Crippen molar-refractivity contribution in [2.24, 2.45) is 0 Å². The largest absolute Gasteiger partial charge is 0.465 e. The Morgan fingerprint density at radius 1 is 0.842 bits per heavy atom. The second-order valence-corrected chi connectivity index (χ2v) is 10.5. The molecule has 38 heavy (non-hydrogen) atoms. The molecule has 3 amide bonds. The number of nitrogens with one attached hydrogen (secondary N) is 3. The van der Waals surface area contributed by atoms with Crippen LogP contribution in [0.3, 0.4) is 0 Å². The number of hydrogen-bond acceptors (Lipinski definition) is 5. The van der Waals surface area contributed by atoms with Gasteiger partial charge < -0.3 is 20.4 Å². The van der Waals surface area contributed by atoms with Crippen molar-refractivity contribution in [2.45, 2.75) is 17.1 Å². The molecule has 0 radical (unpaired) electrons. The summed E-state index contributed by atoms with van der Waals surface area (Å²) in [6.07, 6.45) is 2.95. The minimum atomic E-state index is -0.506. The van der Waals surface area contributed by atoms with E-state index in [1.54, 1.807) is 54.6 Å². The first-order valence-corrected chi connectivity index (χ1v) is 13.3. The first kappa shape index (κ1) is 27.0. The Morgan fingerprint density at radius 2 is 1.50 bits per heavy atom. The number of halogens is 1. The fourth-order valence-corrected chi connectivity index (χ4v) is 4.44. The highest BCUT2D eigenvalue weighted by Crippen LogP contribution is 2.26. The van der Waals surface area contributed by atoms with Crippen molar-refractivity contribution in [3.05, 3.63) is 119 Å². The Labute approximate surface area is 232 Å². The van der Waals surface area contributed by atoms with Gasteiger partial charge in [-0.25, -0.2) is 0 Å². The highest BCUT2D eigenvalue weighted by Gasteiger charge is 2.17. The maximum Gasteiger partial charge on any atom is 0.272 e. The number of thioether (sulfide) groups is 1. The summed E-state index contributed by atoms with van der Waals surface area (Å²) >= 11 is 4.78. The molecule has 0 saturated carbocycles. The van der Waals surface area contributed by atoms with Crippen LogP contribution in [-0.4, -0.2) is 23.0 Å². The van der Waals surface area contributed by atoms with Crippen LogP contribution in [0.2, 0.25) is 0 Å². The van der Waals surface area contributed by atoms with Crippen LogP contribution in [0, 0.1) is 0 Å². The van der Waals surface area contributed by atoms with E-state index in [2.05, 4.69) is 31.9 Å². The third-order valence-corrected chi connectivity index (χ3v) is 6.91. The molecule has 0 saturated heterocycles. The van der Waals surface area contributed by atoms with Crippen molar-refractivity contribution in [3.8, 4) is 0 Å². The lowest BCUT2D eigenvalue weighted by Crippen LogP contribution is -2.30. The summed E-state index contributed by atoms with van der Waals surface area (Å²) in [6.45, 7) is 1.83. The van der Waals surface area contributed by atoms with Crippen LogP contribution in [0.4, 0.5) is 11.4 Å². The lowest BCUT2D eigenvalue weighted by molar-refractivity contribution is -0.115. The minimum Gasteiger partial charge on any atom is -0.465 e. The zero-order valence-electron chi connectivity index (χ0n) is 20.3. The van der Waals surface area contributed by atoms with E-state index < -0.39 is 11.8 Å². The van der Waals surface area contributed by atoms with Crippen LogP contribution in [-0.2, 0) is 9.59 Å². The molecule has 0 aliphatic rings. The molecule has 0 fully saturated rings. The van der Waals surface area contributed by atoms with Crippen LogP contribution in [0.25, 0.3) is 6.08 Å². The summed E-state index contributed by atoms with van der Waals surface area (Å²) in [6, 6.07) is 26.5. The molecule has 1 heterocycles. The van der Waals surface area contributed by atoms with Crippen molar-refractivity contribution in [1.82, 2.24) is 5.32 Å². The van der Waals surface area contributed by atoms with Crippen LogP contribution in [0.15, 0.2) is 117 Å². The van der Waals surface area contributed by atoms with Crippen molar-refractivity contribution in [1.29, 1.82) is 0 Å². The van der Waals surface area contributed by atoms with Crippen LogP contribution in [0.5, 0.6) is 0 Å². The molecule has 3 aromatic carbocycles. The number of furan rings is 1. The number of amides is 3. The molecule has 1 atom stereocenters. The maximum absolute atomic E-state index is 13.1. The molecular formula is C29H24BrN3O4S. The van der Waals surface area contributed by atoms with E-state index in [0.29, 0.717) is 17.0 Å². The second kappa shape index (κ2) is 12.9. The molecule has 1 aromatic heterocycles. The lowest BCUT2D eigenvalue weighted by atomic mass is 10.2. The average Bonchev–Trinajstić information content (AvgIpc) is 3.44. The fourth-order valence-electron chi connectivity index (χ4n) is 3.31. The SMILES string of the molecule is CC(Sc1ccc(NC(=O)/C(=C/c2ccco2)NC(=O)c2ccccc2)cc1)C(=O)Nc1ccc(Br)cc1. The van der Waals surface area contributed by atoms with E-state index in [1.807, 2.05) is 43.3 Å². The number of benzene rings is 3. The zero-order valence-corrected chi connectivity index (χ0v) is 22.7. The Kier molecular flexibility index (Phi) is 9.18. The van der Waals surface area contributed by atoms with Gasteiger partial charge in [0.2, 0.25) is 5.91 Å². The summed E-state index contributed by atoms with van der Waals surface area (Å²) in [5, 5.41) is 8.02. The number of rotatable bonds is 9. The third kappa shape index (κ3) is 7.71. The van der Waals surface area contributed by atoms with Gasteiger partial charge in [0.25, 0.3) is 11.8 Å². The van der Waals surface area contributed by atoms with Gasteiger partial charge in [0.15, 0.2) is 0 Å². The number of anilines is 2. The molecule has 9 heteroatoms. The highest BCUT2D eigenvalue weighted by molar-refractivity contribution is 9.10. The van der Waals surface area contributed by atoms with Gasteiger partial charge in [0, 0.05) is 32.4 Å². The molecule has 4 aromatic rings. The summed E-state index contributed by atoms with van der Waals surface area (Å²) in [4.78, 5) is 39.2. The Balaban J connectivity index is 1.39. The minimum absolute atomic E-state index is 0.0329. The summed E-state index contributed by atoms with van der Waals surface area (Å²) < 4.78 is 6.26. The summed E-state index contributed by atoms with van der Waals surface area (Å²) in [5.74, 6) is -0.615. The van der Waals surface area contributed by atoms with Gasteiger partial charge >= 0.3 is 0 Å². The van der Waals surface area contributed by atoms with Gasteiger partial charge in [-0.15, -0.1) is 11.8 Å². The molecule has 4 rings (SSSR count). The molecule has 1 unspecified atom stereocenters. The Bertz CT molecular complexity index is 1420. The lowest BCUT2D eigenvalue weighted by Gasteiger charge is -2.13. The number of carbonyl (C=O) groups is 3. The standard InChI is InChI=1S/C29H24BrN3O4S/c1-19(27(34)31-22-11-9-21(30)10-12-22)38-25-15-13-23(14-16-25)32-29(36)26(18-24-8-5-17-37-24)33-28(35)20-6-3-2-4-7-20/h2-19H,1H3,(H,31,34)(H,32,36)(H,33,35)/b26-18-. The van der Waals surface area contributed by atoms with Gasteiger partial charge in [0.1, 0.15) is 11.5 Å². The molecule has 0 aliphatic heterocycles. The Hall–Kier alpha value is -4.08. The molecule has 0 spiro atoms. The molecular weight excluding hydrogens is 566 g/mol.